The van der Waals surface area contributed by atoms with Crippen LogP contribution in [0.1, 0.15) is 37.4 Å². The number of carbonyl (C=O) groups is 2. The van der Waals surface area contributed by atoms with Crippen molar-refractivity contribution in [2.75, 3.05) is 15.5 Å². The molecule has 1 aliphatic rings. The molecule has 34 heavy (non-hydrogen) atoms. The van der Waals surface area contributed by atoms with Gasteiger partial charge in [0.1, 0.15) is 0 Å². The molecule has 0 aromatic heterocycles. The Morgan fingerprint density at radius 1 is 0.765 bits per heavy atom. The van der Waals surface area contributed by atoms with E-state index in [2.05, 4.69) is 10.6 Å². The summed E-state index contributed by atoms with van der Waals surface area (Å²) >= 11 is 0. The Labute approximate surface area is 199 Å². The Balaban J connectivity index is 1.43. The molecule has 5 nitrogen and oxygen atoms in total. The first-order chi connectivity index (χ1) is 16.5. The normalized spacial score (nSPS) is 12.1. The van der Waals surface area contributed by atoms with Gasteiger partial charge in [-0.1, -0.05) is 47.5 Å². The van der Waals surface area contributed by atoms with E-state index in [0.717, 1.165) is 33.8 Å². The average Bonchev–Trinajstić information content (AvgIpc) is 3.00. The largest absolute Gasteiger partial charge is 0.379 e. The van der Waals surface area contributed by atoms with Crippen LogP contribution in [-0.2, 0) is 6.54 Å². The van der Waals surface area contributed by atoms with Crippen LogP contribution >= 0.6 is 0 Å². The standard InChI is InChI=1S/C29H25N3O2/c1-19-15-20(2)17-23(16-19)28(33)31-24-13-11-21(12-14-24)29(34)32-26-9-5-3-7-22(26)18-30-25-8-4-6-10-27(25)32/h3-17,30H,18H2,1-2H3,(H,31,33). The lowest BCUT2D eigenvalue weighted by molar-refractivity contribution is 0.0997. The highest BCUT2D eigenvalue weighted by molar-refractivity contribution is 6.13. The molecule has 0 fully saturated rings. The molecular weight excluding hydrogens is 422 g/mol. The number of aryl methyl sites for hydroxylation is 2. The van der Waals surface area contributed by atoms with Gasteiger partial charge < -0.3 is 10.6 Å². The second-order valence-corrected chi connectivity index (χ2v) is 8.55. The minimum absolute atomic E-state index is 0.129. The Bertz CT molecular complexity index is 1330. The summed E-state index contributed by atoms with van der Waals surface area (Å²) in [7, 11) is 0. The number of benzene rings is 4. The molecular formula is C29H25N3O2. The van der Waals surface area contributed by atoms with Crippen molar-refractivity contribution in [1.29, 1.82) is 0 Å². The smallest absolute Gasteiger partial charge is 0.262 e. The van der Waals surface area contributed by atoms with Crippen LogP contribution in [0.25, 0.3) is 0 Å². The van der Waals surface area contributed by atoms with Crippen molar-refractivity contribution in [2.45, 2.75) is 20.4 Å². The number of nitrogens with zero attached hydrogens (tertiary/aromatic N) is 1. The number of carbonyl (C=O) groups excluding carboxylic acids is 2. The fourth-order valence-corrected chi connectivity index (χ4v) is 4.37. The van der Waals surface area contributed by atoms with Crippen LogP contribution in [0.2, 0.25) is 0 Å². The van der Waals surface area contributed by atoms with Crippen LogP contribution in [0, 0.1) is 13.8 Å². The maximum absolute atomic E-state index is 13.7. The zero-order chi connectivity index (χ0) is 23.7. The molecule has 0 aliphatic carbocycles. The maximum atomic E-state index is 13.7. The predicted molar refractivity (Wildman–Crippen MR) is 137 cm³/mol. The van der Waals surface area contributed by atoms with E-state index in [-0.39, 0.29) is 11.8 Å². The number of hydrogen-bond donors (Lipinski definition) is 2. The molecule has 0 spiro atoms. The Morgan fingerprint density at radius 2 is 1.41 bits per heavy atom. The first kappa shape index (κ1) is 21.5. The van der Waals surface area contributed by atoms with Gasteiger partial charge in [0.15, 0.2) is 0 Å². The minimum Gasteiger partial charge on any atom is -0.379 e. The van der Waals surface area contributed by atoms with Crippen molar-refractivity contribution in [1.82, 2.24) is 0 Å². The molecule has 0 bridgehead atoms. The van der Waals surface area contributed by atoms with Gasteiger partial charge in [-0.05, 0) is 74.0 Å². The summed E-state index contributed by atoms with van der Waals surface area (Å²) in [6, 6.07) is 28.5. The van der Waals surface area contributed by atoms with Crippen LogP contribution in [0.3, 0.4) is 0 Å². The number of rotatable bonds is 3. The summed E-state index contributed by atoms with van der Waals surface area (Å²) < 4.78 is 0. The second kappa shape index (κ2) is 8.87. The molecule has 0 saturated heterocycles. The van der Waals surface area contributed by atoms with Crippen LogP contribution < -0.4 is 15.5 Å². The highest BCUT2D eigenvalue weighted by Gasteiger charge is 2.26. The van der Waals surface area contributed by atoms with E-state index in [0.29, 0.717) is 23.4 Å². The van der Waals surface area contributed by atoms with E-state index < -0.39 is 0 Å². The highest BCUT2D eigenvalue weighted by atomic mass is 16.2. The molecule has 5 heteroatoms. The van der Waals surface area contributed by atoms with Gasteiger partial charge in [-0.3, -0.25) is 14.5 Å². The molecule has 2 N–H and O–H groups in total. The van der Waals surface area contributed by atoms with Crippen molar-refractivity contribution in [3.8, 4) is 0 Å². The highest BCUT2D eigenvalue weighted by Crippen LogP contribution is 2.38. The molecule has 0 saturated carbocycles. The molecule has 168 valence electrons. The third kappa shape index (κ3) is 4.16. The monoisotopic (exact) mass is 447 g/mol. The third-order valence-electron chi connectivity index (χ3n) is 5.92. The first-order valence-corrected chi connectivity index (χ1v) is 11.2. The van der Waals surface area contributed by atoms with Gasteiger partial charge in [0.05, 0.1) is 17.1 Å². The van der Waals surface area contributed by atoms with Gasteiger partial charge in [-0.15, -0.1) is 0 Å². The molecule has 0 unspecified atom stereocenters. The molecule has 4 aromatic rings. The Morgan fingerprint density at radius 3 is 2.15 bits per heavy atom. The lowest BCUT2D eigenvalue weighted by Gasteiger charge is -2.24. The van der Waals surface area contributed by atoms with Gasteiger partial charge in [-0.2, -0.15) is 0 Å². The van der Waals surface area contributed by atoms with Gasteiger partial charge in [0.2, 0.25) is 0 Å². The molecule has 1 heterocycles. The quantitative estimate of drug-likeness (QED) is 0.379. The lowest BCUT2D eigenvalue weighted by Crippen LogP contribution is -2.26. The molecule has 5 rings (SSSR count). The molecule has 1 aliphatic heterocycles. The predicted octanol–water partition coefficient (Wildman–Crippen LogP) is 6.46. The Kier molecular flexibility index (Phi) is 5.60. The molecule has 0 radical (unpaired) electrons. The topological polar surface area (TPSA) is 61.4 Å². The van der Waals surface area contributed by atoms with Crippen molar-refractivity contribution in [3.63, 3.8) is 0 Å². The zero-order valence-electron chi connectivity index (χ0n) is 19.1. The number of para-hydroxylation sites is 3. The van der Waals surface area contributed by atoms with Crippen molar-refractivity contribution < 1.29 is 9.59 Å². The Hall–Kier alpha value is -4.38. The van der Waals surface area contributed by atoms with Crippen LogP contribution in [0.5, 0.6) is 0 Å². The summed E-state index contributed by atoms with van der Waals surface area (Å²) in [5, 5.41) is 6.36. The molecule has 0 atom stereocenters. The molecule has 2 amide bonds. The van der Waals surface area contributed by atoms with Crippen molar-refractivity contribution in [2.24, 2.45) is 0 Å². The van der Waals surface area contributed by atoms with Crippen LogP contribution in [-0.4, -0.2) is 11.8 Å². The van der Waals surface area contributed by atoms with E-state index >= 15 is 0 Å². The van der Waals surface area contributed by atoms with E-state index in [1.807, 2.05) is 80.6 Å². The van der Waals surface area contributed by atoms with E-state index in [1.54, 1.807) is 29.2 Å². The van der Waals surface area contributed by atoms with Crippen molar-refractivity contribution >= 4 is 34.6 Å². The van der Waals surface area contributed by atoms with E-state index in [1.165, 1.54) is 0 Å². The summed E-state index contributed by atoms with van der Waals surface area (Å²) in [6.07, 6.45) is 0. The van der Waals surface area contributed by atoms with Crippen LogP contribution in [0.4, 0.5) is 22.7 Å². The van der Waals surface area contributed by atoms with E-state index in [9.17, 15) is 9.59 Å². The number of amides is 2. The van der Waals surface area contributed by atoms with Gasteiger partial charge >= 0.3 is 0 Å². The van der Waals surface area contributed by atoms with Gasteiger partial charge in [0.25, 0.3) is 11.8 Å². The molecule has 4 aromatic carbocycles. The third-order valence-corrected chi connectivity index (χ3v) is 5.92. The average molecular weight is 448 g/mol. The first-order valence-electron chi connectivity index (χ1n) is 11.2. The second-order valence-electron chi connectivity index (χ2n) is 8.55. The van der Waals surface area contributed by atoms with Crippen molar-refractivity contribution in [3.05, 3.63) is 119 Å². The number of fused-ring (bicyclic) bond motifs is 2. The summed E-state index contributed by atoms with van der Waals surface area (Å²) in [5.41, 5.74) is 7.49. The zero-order valence-corrected chi connectivity index (χ0v) is 19.1. The van der Waals surface area contributed by atoms with E-state index in [4.69, 9.17) is 0 Å². The fraction of sp³-hybridized carbons (Fsp3) is 0.103. The number of hydrogen-bond acceptors (Lipinski definition) is 3. The summed E-state index contributed by atoms with van der Waals surface area (Å²) in [5.74, 6) is -0.303. The fourth-order valence-electron chi connectivity index (χ4n) is 4.37. The summed E-state index contributed by atoms with van der Waals surface area (Å²) in [6.45, 7) is 4.58. The SMILES string of the molecule is Cc1cc(C)cc(C(=O)Nc2ccc(C(=O)N3c4ccccc4CNc4ccccc43)cc2)c1. The number of nitrogens with one attached hydrogen (secondary N) is 2. The van der Waals surface area contributed by atoms with Gasteiger partial charge in [-0.25, -0.2) is 0 Å². The number of anilines is 4. The minimum atomic E-state index is -0.174. The van der Waals surface area contributed by atoms with Crippen LogP contribution in [0.15, 0.2) is 91.0 Å². The summed E-state index contributed by atoms with van der Waals surface area (Å²) in [4.78, 5) is 28.2. The lowest BCUT2D eigenvalue weighted by atomic mass is 10.1. The maximum Gasteiger partial charge on any atom is 0.262 e. The van der Waals surface area contributed by atoms with Gasteiger partial charge in [0, 0.05) is 23.4 Å².